The molecule has 0 aromatic heterocycles. The summed E-state index contributed by atoms with van der Waals surface area (Å²) in [5.74, 6) is 0.715. The molecule has 0 aliphatic carbocycles. The molecule has 1 aromatic carbocycles. The Kier molecular flexibility index (Phi) is 5.08. The summed E-state index contributed by atoms with van der Waals surface area (Å²) in [5, 5.41) is 0.730. The zero-order chi connectivity index (χ0) is 13.9. The highest BCUT2D eigenvalue weighted by atomic mass is 79.9. The highest BCUT2D eigenvalue weighted by Gasteiger charge is 2.32. The Hall–Kier alpha value is -0.710. The number of alkyl halides is 4. The van der Waals surface area contributed by atoms with Crippen LogP contribution in [0.3, 0.4) is 0 Å². The Morgan fingerprint density at radius 3 is 2.33 bits per heavy atom. The first-order valence-corrected chi connectivity index (χ1v) is 6.74. The quantitative estimate of drug-likeness (QED) is 0.719. The summed E-state index contributed by atoms with van der Waals surface area (Å²) in [6.07, 6.45) is -4.32. The predicted molar refractivity (Wildman–Crippen MR) is 69.4 cm³/mol. The van der Waals surface area contributed by atoms with Crippen molar-refractivity contribution in [1.29, 1.82) is 0 Å². The molecule has 5 heteroatoms. The lowest BCUT2D eigenvalue weighted by molar-refractivity contribution is -0.137. The maximum Gasteiger partial charge on any atom is 0.416 e. The van der Waals surface area contributed by atoms with Gasteiger partial charge in [-0.2, -0.15) is 13.2 Å². The Labute approximate surface area is 113 Å². The molecule has 0 aliphatic heterocycles. The molecule has 0 saturated carbocycles. The van der Waals surface area contributed by atoms with Gasteiger partial charge in [-0.25, -0.2) is 0 Å². The molecule has 1 nitrogen and oxygen atoms in total. The molecule has 0 bridgehead atoms. The minimum Gasteiger partial charge on any atom is -0.496 e. The number of rotatable bonds is 4. The van der Waals surface area contributed by atoms with E-state index in [1.54, 1.807) is 0 Å². The molecule has 102 valence electrons. The van der Waals surface area contributed by atoms with Gasteiger partial charge in [-0.3, -0.25) is 0 Å². The summed E-state index contributed by atoms with van der Waals surface area (Å²) in [5.41, 5.74) is -0.0359. The Morgan fingerprint density at radius 2 is 1.89 bits per heavy atom. The van der Waals surface area contributed by atoms with E-state index in [0.29, 0.717) is 11.3 Å². The van der Waals surface area contributed by atoms with Crippen molar-refractivity contribution in [2.24, 2.45) is 5.92 Å². The first-order valence-electron chi connectivity index (χ1n) is 5.62. The average Bonchev–Trinajstić information content (AvgIpc) is 2.35. The van der Waals surface area contributed by atoms with Crippen LogP contribution in [0.2, 0.25) is 0 Å². The highest BCUT2D eigenvalue weighted by molar-refractivity contribution is 9.09. The summed E-state index contributed by atoms with van der Waals surface area (Å²) in [4.78, 5) is 0. The van der Waals surface area contributed by atoms with Gasteiger partial charge < -0.3 is 4.74 Å². The zero-order valence-electron chi connectivity index (χ0n) is 10.5. The Balaban J connectivity index is 3.22. The van der Waals surface area contributed by atoms with E-state index in [0.717, 1.165) is 11.4 Å². The van der Waals surface area contributed by atoms with Crippen molar-refractivity contribution in [2.45, 2.75) is 25.9 Å². The number of methoxy groups -OCH3 is 1. The molecule has 0 saturated heterocycles. The molecule has 0 N–H and O–H groups in total. The van der Waals surface area contributed by atoms with Crippen molar-refractivity contribution in [3.05, 3.63) is 29.3 Å². The lowest BCUT2D eigenvalue weighted by Crippen LogP contribution is -2.12. The van der Waals surface area contributed by atoms with Crippen molar-refractivity contribution in [3.63, 3.8) is 0 Å². The first kappa shape index (κ1) is 15.3. The molecule has 0 radical (unpaired) electrons. The van der Waals surface area contributed by atoms with Crippen molar-refractivity contribution in [1.82, 2.24) is 0 Å². The molecule has 1 rings (SSSR count). The first-order chi connectivity index (χ1) is 8.31. The number of halogens is 4. The fourth-order valence-corrected chi connectivity index (χ4v) is 2.27. The molecule has 0 aliphatic rings. The highest BCUT2D eigenvalue weighted by Crippen LogP contribution is 2.37. The van der Waals surface area contributed by atoms with Crippen LogP contribution >= 0.6 is 15.9 Å². The van der Waals surface area contributed by atoms with Crippen molar-refractivity contribution >= 4 is 15.9 Å². The van der Waals surface area contributed by atoms with E-state index in [4.69, 9.17) is 4.74 Å². The van der Waals surface area contributed by atoms with Crippen LogP contribution in [-0.2, 0) is 6.18 Å². The average molecular weight is 325 g/mol. The molecule has 2 atom stereocenters. The maximum absolute atomic E-state index is 12.7. The van der Waals surface area contributed by atoms with Crippen molar-refractivity contribution < 1.29 is 17.9 Å². The van der Waals surface area contributed by atoms with Gasteiger partial charge in [-0.15, -0.1) is 0 Å². The normalized spacial score (nSPS) is 15.3. The zero-order valence-corrected chi connectivity index (χ0v) is 12.1. The van der Waals surface area contributed by atoms with Gasteiger partial charge in [-0.1, -0.05) is 29.8 Å². The van der Waals surface area contributed by atoms with Gasteiger partial charge in [0.1, 0.15) is 5.75 Å². The van der Waals surface area contributed by atoms with Gasteiger partial charge >= 0.3 is 6.18 Å². The molecule has 0 heterocycles. The number of ether oxygens (including phenoxy) is 1. The molecule has 18 heavy (non-hydrogen) atoms. The third-order valence-corrected chi connectivity index (χ3v) is 4.17. The molecule has 0 spiro atoms. The fourth-order valence-electron chi connectivity index (χ4n) is 1.71. The van der Waals surface area contributed by atoms with E-state index in [9.17, 15) is 13.2 Å². The summed E-state index contributed by atoms with van der Waals surface area (Å²) in [6.45, 7) is 3.89. The smallest absolute Gasteiger partial charge is 0.416 e. The second-order valence-corrected chi connectivity index (χ2v) is 5.02. The summed E-state index contributed by atoms with van der Waals surface area (Å²) in [7, 11) is 1.47. The van der Waals surface area contributed by atoms with Crippen molar-refractivity contribution in [3.8, 4) is 5.75 Å². The Bertz CT molecular complexity index is 404. The van der Waals surface area contributed by atoms with E-state index in [1.165, 1.54) is 19.2 Å². The summed E-state index contributed by atoms with van der Waals surface area (Å²) in [6, 6.07) is 3.62. The summed E-state index contributed by atoms with van der Waals surface area (Å²) < 4.78 is 43.2. The fraction of sp³-hybridized carbons (Fsp3) is 0.538. The largest absolute Gasteiger partial charge is 0.496 e. The van der Waals surface area contributed by atoms with Crippen LogP contribution < -0.4 is 4.74 Å². The lowest BCUT2D eigenvalue weighted by Gasteiger charge is -2.22. The summed E-state index contributed by atoms with van der Waals surface area (Å²) >= 11 is 3.35. The Morgan fingerprint density at radius 1 is 1.28 bits per heavy atom. The van der Waals surface area contributed by atoms with Gasteiger partial charge in [0.15, 0.2) is 0 Å². The molecule has 1 aromatic rings. The van der Waals surface area contributed by atoms with E-state index in [1.807, 2.05) is 13.8 Å². The van der Waals surface area contributed by atoms with Gasteiger partial charge in [-0.05, 0) is 35.6 Å². The molecule has 0 fully saturated rings. The lowest BCUT2D eigenvalue weighted by atomic mass is 9.88. The second kappa shape index (κ2) is 5.95. The maximum atomic E-state index is 12.7. The van der Waals surface area contributed by atoms with Crippen LogP contribution in [0, 0.1) is 5.92 Å². The SMILES string of the molecule is COc1ccc(C(F)(F)F)cc1C(C)C(C)CBr. The monoisotopic (exact) mass is 324 g/mol. The topological polar surface area (TPSA) is 9.23 Å². The standard InChI is InChI=1S/C13H16BrF3O/c1-8(7-14)9(2)11-6-10(13(15,16)17)4-5-12(11)18-3/h4-6,8-9H,7H2,1-3H3. The number of hydrogen-bond acceptors (Lipinski definition) is 1. The molecule has 0 amide bonds. The van der Waals surface area contributed by atoms with Gasteiger partial charge in [0.25, 0.3) is 0 Å². The van der Waals surface area contributed by atoms with E-state index in [-0.39, 0.29) is 11.8 Å². The predicted octanol–water partition coefficient (Wildman–Crippen LogP) is 4.85. The molecule has 2 unspecified atom stereocenters. The van der Waals surface area contributed by atoms with Gasteiger partial charge in [0, 0.05) is 5.33 Å². The van der Waals surface area contributed by atoms with Crippen LogP contribution in [0.1, 0.15) is 30.9 Å². The number of hydrogen-bond donors (Lipinski definition) is 0. The molecular formula is C13H16BrF3O. The third kappa shape index (κ3) is 3.40. The molecular weight excluding hydrogens is 309 g/mol. The third-order valence-electron chi connectivity index (χ3n) is 3.14. The minimum atomic E-state index is -4.32. The van der Waals surface area contributed by atoms with Crippen LogP contribution in [-0.4, -0.2) is 12.4 Å². The van der Waals surface area contributed by atoms with Gasteiger partial charge in [0.05, 0.1) is 12.7 Å². The second-order valence-electron chi connectivity index (χ2n) is 4.37. The van der Waals surface area contributed by atoms with E-state index < -0.39 is 11.7 Å². The minimum absolute atomic E-state index is 0.0124. The van der Waals surface area contributed by atoms with Crippen molar-refractivity contribution in [2.75, 3.05) is 12.4 Å². The van der Waals surface area contributed by atoms with Crippen LogP contribution in [0.15, 0.2) is 18.2 Å². The van der Waals surface area contributed by atoms with E-state index in [2.05, 4.69) is 15.9 Å². The van der Waals surface area contributed by atoms with Crippen LogP contribution in [0.25, 0.3) is 0 Å². The van der Waals surface area contributed by atoms with Gasteiger partial charge in [0.2, 0.25) is 0 Å². The van der Waals surface area contributed by atoms with Crippen LogP contribution in [0.5, 0.6) is 5.75 Å². The van der Waals surface area contributed by atoms with Crippen LogP contribution in [0.4, 0.5) is 13.2 Å². The number of benzene rings is 1. The van der Waals surface area contributed by atoms with E-state index >= 15 is 0 Å².